The van der Waals surface area contributed by atoms with Crippen LogP contribution in [-0.4, -0.2) is 27.0 Å². The average Bonchev–Trinajstić information content (AvgIpc) is 3.07. The minimum atomic E-state index is 0.578. The second kappa shape index (κ2) is 6.64. The lowest BCUT2D eigenvalue weighted by Gasteiger charge is -2.06. The molecule has 0 bridgehead atoms. The molecule has 0 aliphatic heterocycles. The van der Waals surface area contributed by atoms with Crippen LogP contribution < -0.4 is 4.74 Å². The second-order valence-electron chi connectivity index (χ2n) is 5.51. The van der Waals surface area contributed by atoms with Gasteiger partial charge in [0.05, 0.1) is 23.7 Å². The Morgan fingerprint density at radius 1 is 1.04 bits per heavy atom. The predicted octanol–water partition coefficient (Wildman–Crippen LogP) is 2.93. The Labute approximate surface area is 134 Å². The van der Waals surface area contributed by atoms with E-state index in [2.05, 4.69) is 32.5 Å². The maximum atomic E-state index is 5.77. The summed E-state index contributed by atoms with van der Waals surface area (Å²) in [6, 6.07) is 8.06. The van der Waals surface area contributed by atoms with E-state index in [1.807, 2.05) is 32.9 Å². The molecule has 0 amide bonds. The number of hydrogen-bond acceptors (Lipinski definition) is 5. The van der Waals surface area contributed by atoms with Crippen LogP contribution in [0, 0.1) is 20.8 Å². The number of hydrogen-bond donors (Lipinski definition) is 1. The Balaban J connectivity index is 1.53. The van der Waals surface area contributed by atoms with E-state index in [1.54, 1.807) is 0 Å². The fourth-order valence-corrected chi connectivity index (χ4v) is 2.44. The van der Waals surface area contributed by atoms with Crippen molar-refractivity contribution in [2.24, 2.45) is 0 Å². The first kappa shape index (κ1) is 15.3. The van der Waals surface area contributed by atoms with Gasteiger partial charge in [-0.2, -0.15) is 15.4 Å². The van der Waals surface area contributed by atoms with E-state index in [0.717, 1.165) is 41.4 Å². The zero-order valence-electron chi connectivity index (χ0n) is 13.6. The minimum Gasteiger partial charge on any atom is -0.493 e. The number of nitrogens with zero attached hydrogens (tertiary/aromatic N) is 3. The first-order valence-electron chi connectivity index (χ1n) is 7.62. The molecule has 0 aliphatic rings. The van der Waals surface area contributed by atoms with Gasteiger partial charge in [-0.1, -0.05) is 12.1 Å². The maximum absolute atomic E-state index is 5.77. The highest BCUT2D eigenvalue weighted by atomic mass is 16.5. The van der Waals surface area contributed by atoms with E-state index < -0.39 is 0 Å². The maximum Gasteiger partial charge on any atom is 0.191 e. The quantitative estimate of drug-likeness (QED) is 0.757. The third kappa shape index (κ3) is 3.77. The lowest BCUT2D eigenvalue weighted by molar-refractivity contribution is 0.320. The Morgan fingerprint density at radius 3 is 2.43 bits per heavy atom. The Morgan fingerprint density at radius 2 is 1.83 bits per heavy atom. The van der Waals surface area contributed by atoms with Crippen molar-refractivity contribution in [1.29, 1.82) is 0 Å². The number of ether oxygens (including phenoxy) is 1. The summed E-state index contributed by atoms with van der Waals surface area (Å²) in [6.45, 7) is 6.31. The van der Waals surface area contributed by atoms with Crippen molar-refractivity contribution in [2.45, 2.75) is 33.6 Å². The number of H-pyrrole nitrogens is 1. The molecule has 6 nitrogen and oxygen atoms in total. The zero-order chi connectivity index (χ0) is 16.2. The SMILES string of the molecule is Cc1nc(CCOc2ccc(Cc3n[nH]nc3C)cc2)c(C)o1. The highest BCUT2D eigenvalue weighted by Gasteiger charge is 2.07. The van der Waals surface area contributed by atoms with Gasteiger partial charge in [-0.05, 0) is 31.5 Å². The summed E-state index contributed by atoms with van der Waals surface area (Å²) in [5.41, 5.74) is 4.04. The normalized spacial score (nSPS) is 10.9. The van der Waals surface area contributed by atoms with Crippen LogP contribution in [0.4, 0.5) is 0 Å². The van der Waals surface area contributed by atoms with E-state index >= 15 is 0 Å². The second-order valence-corrected chi connectivity index (χ2v) is 5.51. The molecule has 23 heavy (non-hydrogen) atoms. The summed E-state index contributed by atoms with van der Waals surface area (Å²) >= 11 is 0. The van der Waals surface area contributed by atoms with Gasteiger partial charge in [-0.15, -0.1) is 0 Å². The molecule has 0 atom stereocenters. The van der Waals surface area contributed by atoms with Crippen molar-refractivity contribution < 1.29 is 9.15 Å². The van der Waals surface area contributed by atoms with Crippen LogP contribution in [-0.2, 0) is 12.8 Å². The Hall–Kier alpha value is -2.63. The summed E-state index contributed by atoms with van der Waals surface area (Å²) in [4.78, 5) is 4.34. The molecular formula is C17H20N4O2. The lowest BCUT2D eigenvalue weighted by Crippen LogP contribution is -2.03. The van der Waals surface area contributed by atoms with Crippen LogP contribution in [0.15, 0.2) is 28.7 Å². The summed E-state index contributed by atoms with van der Waals surface area (Å²) < 4.78 is 11.2. The zero-order valence-corrected chi connectivity index (χ0v) is 13.6. The highest BCUT2D eigenvalue weighted by molar-refractivity contribution is 5.30. The molecule has 3 aromatic rings. The molecule has 2 aromatic heterocycles. The molecule has 0 saturated carbocycles. The molecule has 0 unspecified atom stereocenters. The molecule has 3 rings (SSSR count). The van der Waals surface area contributed by atoms with Crippen molar-refractivity contribution >= 4 is 0 Å². The molecule has 0 saturated heterocycles. The van der Waals surface area contributed by atoms with Crippen molar-refractivity contribution in [1.82, 2.24) is 20.4 Å². The van der Waals surface area contributed by atoms with Gasteiger partial charge >= 0.3 is 0 Å². The molecule has 0 aliphatic carbocycles. The number of aryl methyl sites for hydroxylation is 3. The number of aromatic amines is 1. The van der Waals surface area contributed by atoms with E-state index in [0.29, 0.717) is 12.5 Å². The summed E-state index contributed by atoms with van der Waals surface area (Å²) in [5.74, 6) is 2.41. The first-order valence-corrected chi connectivity index (χ1v) is 7.62. The molecule has 0 fully saturated rings. The Bertz CT molecular complexity index is 774. The minimum absolute atomic E-state index is 0.578. The molecule has 0 spiro atoms. The number of oxazole rings is 1. The van der Waals surface area contributed by atoms with Gasteiger partial charge in [0.1, 0.15) is 11.5 Å². The highest BCUT2D eigenvalue weighted by Crippen LogP contribution is 2.16. The van der Waals surface area contributed by atoms with Gasteiger partial charge in [0, 0.05) is 19.8 Å². The molecular weight excluding hydrogens is 292 g/mol. The number of aromatic nitrogens is 4. The van der Waals surface area contributed by atoms with Crippen LogP contribution in [0.2, 0.25) is 0 Å². The van der Waals surface area contributed by atoms with E-state index in [1.165, 1.54) is 5.56 Å². The monoisotopic (exact) mass is 312 g/mol. The fourth-order valence-electron chi connectivity index (χ4n) is 2.44. The van der Waals surface area contributed by atoms with Crippen molar-refractivity contribution in [3.8, 4) is 5.75 Å². The summed E-state index contributed by atoms with van der Waals surface area (Å²) in [6.07, 6.45) is 1.50. The predicted molar refractivity (Wildman–Crippen MR) is 85.5 cm³/mol. The molecule has 1 aromatic carbocycles. The Kier molecular flexibility index (Phi) is 4.41. The summed E-state index contributed by atoms with van der Waals surface area (Å²) in [7, 11) is 0. The van der Waals surface area contributed by atoms with Gasteiger partial charge in [-0.25, -0.2) is 4.98 Å². The summed E-state index contributed by atoms with van der Waals surface area (Å²) in [5, 5.41) is 10.8. The van der Waals surface area contributed by atoms with Gasteiger partial charge in [0.15, 0.2) is 5.89 Å². The molecule has 1 N–H and O–H groups in total. The fraction of sp³-hybridized carbons (Fsp3) is 0.353. The number of benzene rings is 1. The topological polar surface area (TPSA) is 76.8 Å². The van der Waals surface area contributed by atoms with E-state index in [4.69, 9.17) is 9.15 Å². The van der Waals surface area contributed by atoms with Crippen LogP contribution in [0.5, 0.6) is 5.75 Å². The van der Waals surface area contributed by atoms with Crippen LogP contribution in [0.25, 0.3) is 0 Å². The van der Waals surface area contributed by atoms with E-state index in [-0.39, 0.29) is 0 Å². The van der Waals surface area contributed by atoms with E-state index in [9.17, 15) is 0 Å². The standard InChI is InChI=1S/C17H20N4O2/c1-11-17(20-21-19-11)10-14-4-6-15(7-5-14)22-9-8-16-12(2)23-13(3)18-16/h4-7H,8-10H2,1-3H3,(H,19,20,21). The lowest BCUT2D eigenvalue weighted by atomic mass is 10.1. The van der Waals surface area contributed by atoms with Gasteiger partial charge < -0.3 is 9.15 Å². The van der Waals surface area contributed by atoms with Gasteiger partial charge in [-0.3, -0.25) is 0 Å². The van der Waals surface area contributed by atoms with Crippen molar-refractivity contribution in [3.05, 3.63) is 58.6 Å². The number of rotatable bonds is 6. The van der Waals surface area contributed by atoms with Gasteiger partial charge in [0.2, 0.25) is 0 Å². The average molecular weight is 312 g/mol. The van der Waals surface area contributed by atoms with Crippen molar-refractivity contribution in [3.63, 3.8) is 0 Å². The molecule has 2 heterocycles. The van der Waals surface area contributed by atoms with Crippen LogP contribution >= 0.6 is 0 Å². The molecule has 120 valence electrons. The first-order chi connectivity index (χ1) is 11.1. The largest absolute Gasteiger partial charge is 0.493 e. The van der Waals surface area contributed by atoms with Crippen LogP contribution in [0.1, 0.15) is 34.3 Å². The van der Waals surface area contributed by atoms with Gasteiger partial charge in [0.25, 0.3) is 0 Å². The third-order valence-electron chi connectivity index (χ3n) is 3.72. The molecule has 6 heteroatoms. The van der Waals surface area contributed by atoms with Crippen LogP contribution in [0.3, 0.4) is 0 Å². The number of nitrogens with one attached hydrogen (secondary N) is 1. The smallest absolute Gasteiger partial charge is 0.191 e. The third-order valence-corrected chi connectivity index (χ3v) is 3.72. The van der Waals surface area contributed by atoms with Crippen molar-refractivity contribution in [2.75, 3.05) is 6.61 Å². The molecule has 0 radical (unpaired) electrons.